The van der Waals surface area contributed by atoms with Gasteiger partial charge < -0.3 is 30.0 Å². The van der Waals surface area contributed by atoms with E-state index in [1.807, 2.05) is 0 Å². The number of nitrogens with one attached hydrogen (secondary N) is 3. The van der Waals surface area contributed by atoms with Gasteiger partial charge >= 0.3 is 12.1 Å². The Morgan fingerprint density at radius 3 is 2.43 bits per heavy atom. The second-order valence-corrected chi connectivity index (χ2v) is 14.4. The van der Waals surface area contributed by atoms with Crippen molar-refractivity contribution >= 4 is 40.6 Å². The first-order valence-corrected chi connectivity index (χ1v) is 17.3. The summed E-state index contributed by atoms with van der Waals surface area (Å²) in [7, 11) is 0. The highest BCUT2D eigenvalue weighted by Crippen LogP contribution is 2.41. The number of aromatic amines is 1. The summed E-state index contributed by atoms with van der Waals surface area (Å²) in [5.74, 6) is -0.537. The summed E-state index contributed by atoms with van der Waals surface area (Å²) in [4.78, 5) is 61.7. The van der Waals surface area contributed by atoms with Crippen LogP contribution in [0.2, 0.25) is 0 Å². The van der Waals surface area contributed by atoms with E-state index in [9.17, 15) is 23.6 Å². The number of imidazole rings is 1. The van der Waals surface area contributed by atoms with E-state index in [1.54, 1.807) is 50.8 Å². The fourth-order valence-electron chi connectivity index (χ4n) is 7.80. The minimum absolute atomic E-state index is 0.0121. The quantitative estimate of drug-likeness (QED) is 0.275. The molecule has 1 saturated heterocycles. The Morgan fingerprint density at radius 2 is 1.77 bits per heavy atom. The molecule has 47 heavy (non-hydrogen) atoms. The standard InChI is InChI=1S/C35H50FN5O6/c1-5-46-33(44)30-38-26-16-15-24(19-27(26)39-30)37-31(42)29-25(21-9-7-6-8-10-21)17-18-41(29)32(43)23-13-11-22(12-14-23)28(20-36)40-34(45)47-35(2,3)4/h15-16,19,21-23,25,28-29H,5-14,17-18,20H2,1-4H3,(H,37,42)(H,38,39)(H,40,45)/t22?,23?,25-,28-,29-/m0/s1. The SMILES string of the molecule is CCOC(=O)c1nc2ccc(NC(=O)[C@@H]3[C@H](C4CCCCC4)CCN3C(=O)C3CCC([C@H](CF)NC(=O)OC(C)(C)C)CC3)cc2[nH]1. The van der Waals surface area contributed by atoms with Crippen LogP contribution < -0.4 is 10.6 Å². The molecule has 1 aromatic carbocycles. The Labute approximate surface area is 276 Å². The lowest BCUT2D eigenvalue weighted by molar-refractivity contribution is -0.142. The fraction of sp³-hybridized carbons (Fsp3) is 0.686. The molecule has 3 N–H and O–H groups in total. The van der Waals surface area contributed by atoms with E-state index in [4.69, 9.17) is 9.47 Å². The van der Waals surface area contributed by atoms with Crippen LogP contribution in [0.25, 0.3) is 11.0 Å². The lowest BCUT2D eigenvalue weighted by Gasteiger charge is -2.37. The molecule has 0 unspecified atom stereocenters. The third kappa shape index (κ3) is 8.43. The highest BCUT2D eigenvalue weighted by atomic mass is 19.1. The number of likely N-dealkylation sites (tertiary alicyclic amines) is 1. The summed E-state index contributed by atoms with van der Waals surface area (Å²) in [6.45, 7) is 7.09. The molecule has 2 saturated carbocycles. The van der Waals surface area contributed by atoms with Crippen LogP contribution >= 0.6 is 0 Å². The number of halogens is 1. The van der Waals surface area contributed by atoms with Crippen molar-refractivity contribution in [2.24, 2.45) is 23.7 Å². The van der Waals surface area contributed by atoms with E-state index in [2.05, 4.69) is 20.6 Å². The van der Waals surface area contributed by atoms with Gasteiger partial charge in [-0.3, -0.25) is 9.59 Å². The van der Waals surface area contributed by atoms with Crippen LogP contribution in [0.4, 0.5) is 14.9 Å². The first-order chi connectivity index (χ1) is 22.5. The number of hydrogen-bond acceptors (Lipinski definition) is 7. The number of nitrogens with zero attached hydrogens (tertiary/aromatic N) is 2. The van der Waals surface area contributed by atoms with Crippen molar-refractivity contribution in [3.8, 4) is 0 Å². The second-order valence-electron chi connectivity index (χ2n) is 14.4. The van der Waals surface area contributed by atoms with Gasteiger partial charge in [-0.25, -0.2) is 19.0 Å². The molecule has 0 radical (unpaired) electrons. The number of rotatable bonds is 9. The third-order valence-corrected chi connectivity index (χ3v) is 10.0. The second kappa shape index (κ2) is 15.0. The average molecular weight is 656 g/mol. The van der Waals surface area contributed by atoms with Gasteiger partial charge in [-0.05, 0) is 95.8 Å². The molecule has 3 fully saturated rings. The van der Waals surface area contributed by atoms with E-state index < -0.39 is 36.4 Å². The highest BCUT2D eigenvalue weighted by Gasteiger charge is 2.47. The summed E-state index contributed by atoms with van der Waals surface area (Å²) in [6.07, 6.45) is 8.13. The van der Waals surface area contributed by atoms with E-state index in [0.29, 0.717) is 54.9 Å². The number of carbonyl (C=O) groups excluding carboxylic acids is 4. The predicted octanol–water partition coefficient (Wildman–Crippen LogP) is 6.14. The normalized spacial score (nSPS) is 24.5. The zero-order valence-corrected chi connectivity index (χ0v) is 28.1. The number of ether oxygens (including phenoxy) is 2. The van der Waals surface area contributed by atoms with Crippen LogP contribution in [-0.4, -0.2) is 76.3 Å². The third-order valence-electron chi connectivity index (χ3n) is 10.0. The minimum Gasteiger partial charge on any atom is -0.460 e. The average Bonchev–Trinajstić information content (AvgIpc) is 3.68. The van der Waals surface area contributed by atoms with E-state index in [-0.39, 0.29) is 42.0 Å². The first kappa shape index (κ1) is 34.6. The number of esters is 1. The van der Waals surface area contributed by atoms with Crippen molar-refractivity contribution in [1.82, 2.24) is 20.2 Å². The number of amides is 3. The summed E-state index contributed by atoms with van der Waals surface area (Å²) in [6, 6.07) is 3.99. The summed E-state index contributed by atoms with van der Waals surface area (Å²) in [5.41, 5.74) is 1.05. The maximum absolute atomic E-state index is 14.1. The molecule has 258 valence electrons. The minimum atomic E-state index is -0.700. The number of carbonyl (C=O) groups is 4. The summed E-state index contributed by atoms with van der Waals surface area (Å²) < 4.78 is 24.4. The number of alkyl carbamates (subject to hydrolysis) is 1. The van der Waals surface area contributed by atoms with Crippen LogP contribution in [-0.2, 0) is 19.1 Å². The largest absolute Gasteiger partial charge is 0.460 e. The molecule has 3 aliphatic rings. The van der Waals surface area contributed by atoms with Gasteiger partial charge in [-0.2, -0.15) is 0 Å². The van der Waals surface area contributed by atoms with Gasteiger partial charge in [-0.15, -0.1) is 0 Å². The molecule has 3 amide bonds. The molecule has 12 heteroatoms. The summed E-state index contributed by atoms with van der Waals surface area (Å²) >= 11 is 0. The van der Waals surface area contributed by atoms with E-state index in [0.717, 1.165) is 32.1 Å². The van der Waals surface area contributed by atoms with Gasteiger partial charge in [0.2, 0.25) is 17.6 Å². The number of anilines is 1. The van der Waals surface area contributed by atoms with Gasteiger partial charge in [0.05, 0.1) is 23.7 Å². The molecule has 11 nitrogen and oxygen atoms in total. The Kier molecular flexibility index (Phi) is 11.1. The van der Waals surface area contributed by atoms with Crippen LogP contribution in [0.5, 0.6) is 0 Å². The van der Waals surface area contributed by atoms with Gasteiger partial charge in [0.25, 0.3) is 0 Å². The van der Waals surface area contributed by atoms with E-state index >= 15 is 0 Å². The smallest absolute Gasteiger partial charge is 0.407 e. The molecule has 0 spiro atoms. The number of alkyl halides is 1. The van der Waals surface area contributed by atoms with E-state index in [1.165, 1.54) is 6.42 Å². The van der Waals surface area contributed by atoms with Crippen LogP contribution in [0.1, 0.15) is 103 Å². The molecular weight excluding hydrogens is 605 g/mol. The molecule has 3 atom stereocenters. The Bertz CT molecular complexity index is 1430. The Hall–Kier alpha value is -3.70. The van der Waals surface area contributed by atoms with Gasteiger partial charge in [0.15, 0.2) is 0 Å². The van der Waals surface area contributed by atoms with Crippen LogP contribution in [0.3, 0.4) is 0 Å². The lowest BCUT2D eigenvalue weighted by atomic mass is 9.76. The lowest BCUT2D eigenvalue weighted by Crippen LogP contribution is -2.50. The number of benzene rings is 1. The summed E-state index contributed by atoms with van der Waals surface area (Å²) in [5, 5.41) is 5.76. The maximum atomic E-state index is 14.1. The Balaban J connectivity index is 1.27. The maximum Gasteiger partial charge on any atom is 0.407 e. The molecule has 0 bridgehead atoms. The fourth-order valence-corrected chi connectivity index (χ4v) is 7.80. The molecule has 1 aliphatic heterocycles. The van der Waals surface area contributed by atoms with Crippen molar-refractivity contribution in [2.75, 3.05) is 25.1 Å². The number of H-pyrrole nitrogens is 1. The predicted molar refractivity (Wildman–Crippen MR) is 175 cm³/mol. The highest BCUT2D eigenvalue weighted by molar-refractivity contribution is 5.99. The monoisotopic (exact) mass is 655 g/mol. The van der Waals surface area contributed by atoms with Gasteiger partial charge in [-0.1, -0.05) is 32.1 Å². The van der Waals surface area contributed by atoms with Gasteiger partial charge in [0.1, 0.15) is 18.3 Å². The first-order valence-electron chi connectivity index (χ1n) is 17.3. The molecule has 2 heterocycles. The van der Waals surface area contributed by atoms with Crippen molar-refractivity contribution in [3.63, 3.8) is 0 Å². The Morgan fingerprint density at radius 1 is 1.04 bits per heavy atom. The number of aromatic nitrogens is 2. The van der Waals surface area contributed by atoms with Crippen LogP contribution in [0.15, 0.2) is 18.2 Å². The van der Waals surface area contributed by atoms with Crippen LogP contribution in [0, 0.1) is 23.7 Å². The molecule has 1 aromatic heterocycles. The van der Waals surface area contributed by atoms with Crippen molar-refractivity contribution < 1.29 is 33.0 Å². The van der Waals surface area contributed by atoms with Crippen molar-refractivity contribution in [2.45, 2.75) is 110 Å². The molecule has 5 rings (SSSR count). The number of fused-ring (bicyclic) bond motifs is 1. The van der Waals surface area contributed by atoms with Crippen molar-refractivity contribution in [1.29, 1.82) is 0 Å². The number of hydrogen-bond donors (Lipinski definition) is 3. The zero-order chi connectivity index (χ0) is 33.7. The zero-order valence-electron chi connectivity index (χ0n) is 28.1. The van der Waals surface area contributed by atoms with Crippen molar-refractivity contribution in [3.05, 3.63) is 24.0 Å². The topological polar surface area (TPSA) is 143 Å². The molecule has 2 aromatic rings. The molecular formula is C35H50FN5O6. The van der Waals surface area contributed by atoms with Gasteiger partial charge in [0, 0.05) is 18.2 Å². The molecule has 2 aliphatic carbocycles.